The Labute approximate surface area is 144 Å². The van der Waals surface area contributed by atoms with Crippen LogP contribution in [-0.4, -0.2) is 58.6 Å². The summed E-state index contributed by atoms with van der Waals surface area (Å²) in [5.74, 6) is 0.0498. The average Bonchev–Trinajstić information content (AvgIpc) is 2.45. The number of amides is 2. The van der Waals surface area contributed by atoms with Crippen LogP contribution < -0.4 is 0 Å². The number of carbonyl (C=O) groups is 2. The van der Waals surface area contributed by atoms with E-state index in [1.807, 2.05) is 26.8 Å². The number of nitrogens with zero attached hydrogens (tertiary/aromatic N) is 3. The summed E-state index contributed by atoms with van der Waals surface area (Å²) in [5, 5.41) is 0. The van der Waals surface area contributed by atoms with Crippen molar-refractivity contribution in [2.45, 2.75) is 32.8 Å². The van der Waals surface area contributed by atoms with Crippen molar-refractivity contribution in [2.24, 2.45) is 0 Å². The van der Waals surface area contributed by atoms with Gasteiger partial charge in [0.25, 0.3) is 0 Å². The van der Waals surface area contributed by atoms with E-state index in [2.05, 4.69) is 20.9 Å². The Kier molecular flexibility index (Phi) is 5.62. The van der Waals surface area contributed by atoms with Gasteiger partial charge in [-0.15, -0.1) is 0 Å². The minimum absolute atomic E-state index is 0.0498. The van der Waals surface area contributed by atoms with Gasteiger partial charge in [-0.3, -0.25) is 9.78 Å². The molecule has 0 N–H and O–H groups in total. The number of piperazine rings is 1. The highest BCUT2D eigenvalue weighted by Gasteiger charge is 2.27. The zero-order valence-electron chi connectivity index (χ0n) is 13.7. The summed E-state index contributed by atoms with van der Waals surface area (Å²) in [5.41, 5.74) is 0.372. The maximum absolute atomic E-state index is 12.3. The molecule has 7 heteroatoms. The first kappa shape index (κ1) is 17.7. The van der Waals surface area contributed by atoms with Gasteiger partial charge in [-0.1, -0.05) is 0 Å². The van der Waals surface area contributed by atoms with Crippen LogP contribution in [-0.2, 0) is 16.0 Å². The van der Waals surface area contributed by atoms with Crippen LogP contribution in [0.25, 0.3) is 0 Å². The second kappa shape index (κ2) is 7.29. The highest BCUT2D eigenvalue weighted by Crippen LogP contribution is 2.14. The third kappa shape index (κ3) is 5.49. The fraction of sp³-hybridized carbons (Fsp3) is 0.562. The first-order valence-corrected chi connectivity index (χ1v) is 8.39. The normalized spacial score (nSPS) is 15.5. The van der Waals surface area contributed by atoms with Crippen molar-refractivity contribution in [1.82, 2.24) is 14.8 Å². The van der Waals surface area contributed by atoms with Gasteiger partial charge in [-0.05, 0) is 48.3 Å². The molecule has 2 rings (SSSR count). The Hall–Kier alpha value is -1.63. The second-order valence-corrected chi connectivity index (χ2v) is 7.45. The number of carbonyl (C=O) groups excluding carboxylic acids is 2. The van der Waals surface area contributed by atoms with Gasteiger partial charge in [0.15, 0.2) is 0 Å². The average molecular weight is 384 g/mol. The van der Waals surface area contributed by atoms with E-state index in [0.717, 1.165) is 10.0 Å². The van der Waals surface area contributed by atoms with E-state index < -0.39 is 5.60 Å². The molecule has 23 heavy (non-hydrogen) atoms. The molecule has 2 heterocycles. The summed E-state index contributed by atoms with van der Waals surface area (Å²) in [6.45, 7) is 7.58. The fourth-order valence-electron chi connectivity index (χ4n) is 2.30. The Balaban J connectivity index is 1.84. The molecule has 1 aromatic rings. The molecule has 6 nitrogen and oxygen atoms in total. The molecule has 0 atom stereocenters. The van der Waals surface area contributed by atoms with E-state index in [-0.39, 0.29) is 12.0 Å². The number of halogens is 1. The summed E-state index contributed by atoms with van der Waals surface area (Å²) < 4.78 is 6.21. The molecule has 0 bridgehead atoms. The molecular formula is C16H22BrN3O3. The first-order valence-electron chi connectivity index (χ1n) is 7.60. The van der Waals surface area contributed by atoms with Gasteiger partial charge in [0.1, 0.15) is 5.60 Å². The van der Waals surface area contributed by atoms with Gasteiger partial charge in [0.2, 0.25) is 5.91 Å². The van der Waals surface area contributed by atoms with E-state index in [4.69, 9.17) is 4.74 Å². The zero-order valence-corrected chi connectivity index (χ0v) is 15.3. The fourth-order valence-corrected chi connectivity index (χ4v) is 2.72. The van der Waals surface area contributed by atoms with Crippen molar-refractivity contribution in [1.29, 1.82) is 0 Å². The number of hydrogen-bond acceptors (Lipinski definition) is 4. The molecule has 0 spiro atoms. The van der Waals surface area contributed by atoms with Crippen LogP contribution >= 0.6 is 15.9 Å². The molecule has 0 aromatic carbocycles. The molecular weight excluding hydrogens is 362 g/mol. The van der Waals surface area contributed by atoms with Gasteiger partial charge >= 0.3 is 6.09 Å². The number of rotatable bonds is 2. The van der Waals surface area contributed by atoms with E-state index in [0.29, 0.717) is 32.6 Å². The largest absolute Gasteiger partial charge is 0.444 e. The lowest BCUT2D eigenvalue weighted by atomic mass is 10.2. The second-order valence-electron chi connectivity index (χ2n) is 6.54. The standard InChI is InChI=1S/C16H22BrN3O3/c1-16(2,3)23-15(22)20-6-4-19(5-7-20)14(21)9-12-8-13(17)11-18-10-12/h8,10-11H,4-7,9H2,1-3H3. The molecule has 1 aromatic heterocycles. The minimum Gasteiger partial charge on any atom is -0.444 e. The van der Waals surface area contributed by atoms with Crippen LogP contribution in [0.5, 0.6) is 0 Å². The lowest BCUT2D eigenvalue weighted by molar-refractivity contribution is -0.132. The summed E-state index contributed by atoms with van der Waals surface area (Å²) in [6.07, 6.45) is 3.38. The number of aromatic nitrogens is 1. The molecule has 0 aliphatic carbocycles. The van der Waals surface area contributed by atoms with Crippen LogP contribution in [0.4, 0.5) is 4.79 Å². The van der Waals surface area contributed by atoms with Crippen molar-refractivity contribution < 1.29 is 14.3 Å². The monoisotopic (exact) mass is 383 g/mol. The smallest absolute Gasteiger partial charge is 0.410 e. The lowest BCUT2D eigenvalue weighted by Crippen LogP contribution is -2.52. The molecule has 2 amide bonds. The van der Waals surface area contributed by atoms with Crippen LogP contribution in [0.2, 0.25) is 0 Å². The van der Waals surface area contributed by atoms with E-state index in [9.17, 15) is 9.59 Å². The molecule has 1 aliphatic heterocycles. The van der Waals surface area contributed by atoms with Crippen molar-refractivity contribution >= 4 is 27.9 Å². The number of ether oxygens (including phenoxy) is 1. The predicted molar refractivity (Wildman–Crippen MR) is 90.0 cm³/mol. The van der Waals surface area contributed by atoms with Crippen molar-refractivity contribution in [2.75, 3.05) is 26.2 Å². The summed E-state index contributed by atoms with van der Waals surface area (Å²) in [7, 11) is 0. The first-order chi connectivity index (χ1) is 10.7. The van der Waals surface area contributed by atoms with E-state index >= 15 is 0 Å². The van der Waals surface area contributed by atoms with Gasteiger partial charge in [-0.25, -0.2) is 4.79 Å². The predicted octanol–water partition coefficient (Wildman–Crippen LogP) is 2.47. The maximum atomic E-state index is 12.3. The quantitative estimate of drug-likeness (QED) is 0.786. The molecule has 0 saturated carbocycles. The lowest BCUT2D eigenvalue weighted by Gasteiger charge is -2.35. The van der Waals surface area contributed by atoms with Crippen LogP contribution in [0.3, 0.4) is 0 Å². The van der Waals surface area contributed by atoms with Crippen LogP contribution in [0.1, 0.15) is 26.3 Å². The summed E-state index contributed by atoms with van der Waals surface area (Å²) in [6, 6.07) is 1.89. The SMILES string of the molecule is CC(C)(C)OC(=O)N1CCN(C(=O)Cc2cncc(Br)c2)CC1. The van der Waals surface area contributed by atoms with Gasteiger partial charge in [0.05, 0.1) is 6.42 Å². The Morgan fingerprint density at radius 3 is 2.35 bits per heavy atom. The van der Waals surface area contributed by atoms with E-state index in [1.54, 1.807) is 22.2 Å². The molecule has 0 radical (unpaired) electrons. The van der Waals surface area contributed by atoms with Crippen LogP contribution in [0, 0.1) is 0 Å². The van der Waals surface area contributed by atoms with Crippen molar-refractivity contribution in [3.05, 3.63) is 28.5 Å². The number of hydrogen-bond donors (Lipinski definition) is 0. The topological polar surface area (TPSA) is 62.7 Å². The van der Waals surface area contributed by atoms with Gasteiger partial charge in [0, 0.05) is 43.0 Å². The van der Waals surface area contributed by atoms with Crippen molar-refractivity contribution in [3.8, 4) is 0 Å². The Morgan fingerprint density at radius 1 is 1.17 bits per heavy atom. The van der Waals surface area contributed by atoms with E-state index in [1.165, 1.54) is 0 Å². The highest BCUT2D eigenvalue weighted by atomic mass is 79.9. The van der Waals surface area contributed by atoms with Crippen LogP contribution in [0.15, 0.2) is 22.9 Å². The summed E-state index contributed by atoms with van der Waals surface area (Å²) in [4.78, 5) is 31.8. The molecule has 1 aliphatic rings. The molecule has 0 unspecified atom stereocenters. The Bertz CT molecular complexity index is 578. The third-order valence-electron chi connectivity index (χ3n) is 3.40. The highest BCUT2D eigenvalue weighted by molar-refractivity contribution is 9.10. The summed E-state index contributed by atoms with van der Waals surface area (Å²) >= 11 is 3.35. The van der Waals surface area contributed by atoms with Gasteiger partial charge < -0.3 is 14.5 Å². The molecule has 126 valence electrons. The van der Waals surface area contributed by atoms with Gasteiger partial charge in [-0.2, -0.15) is 0 Å². The molecule has 1 saturated heterocycles. The van der Waals surface area contributed by atoms with Crippen molar-refractivity contribution in [3.63, 3.8) is 0 Å². The maximum Gasteiger partial charge on any atom is 0.410 e. The minimum atomic E-state index is -0.502. The Morgan fingerprint density at radius 2 is 1.78 bits per heavy atom. The zero-order chi connectivity index (χ0) is 17.0. The third-order valence-corrected chi connectivity index (χ3v) is 3.83. The molecule has 1 fully saturated rings. The number of pyridine rings is 1.